The molecule has 16 heavy (non-hydrogen) atoms. The van der Waals surface area contributed by atoms with Crippen LogP contribution < -0.4 is 4.74 Å². The lowest BCUT2D eigenvalue weighted by Gasteiger charge is -2.16. The van der Waals surface area contributed by atoms with Crippen LogP contribution in [0, 0.1) is 0 Å². The molecule has 0 saturated carbocycles. The standard InChI is InChI=1S/C11H15ClN2O2/c1-7(2)9-10(12)13-6-14-11(9)16-8-3-4-15-5-8/h6-8H,3-5H2,1-2H3. The number of hydrogen-bond donors (Lipinski definition) is 0. The van der Waals surface area contributed by atoms with E-state index in [-0.39, 0.29) is 12.0 Å². The topological polar surface area (TPSA) is 44.2 Å². The third-order valence-electron chi connectivity index (χ3n) is 2.54. The van der Waals surface area contributed by atoms with E-state index in [1.54, 1.807) is 0 Å². The molecule has 0 bridgehead atoms. The van der Waals surface area contributed by atoms with Gasteiger partial charge in [-0.2, -0.15) is 0 Å². The van der Waals surface area contributed by atoms with E-state index in [9.17, 15) is 0 Å². The van der Waals surface area contributed by atoms with Crippen LogP contribution in [0.1, 0.15) is 31.7 Å². The summed E-state index contributed by atoms with van der Waals surface area (Å²) in [5.74, 6) is 0.830. The van der Waals surface area contributed by atoms with Gasteiger partial charge in [0, 0.05) is 6.42 Å². The maximum absolute atomic E-state index is 6.05. The molecule has 0 radical (unpaired) electrons. The molecule has 1 fully saturated rings. The van der Waals surface area contributed by atoms with Crippen LogP contribution in [0.5, 0.6) is 5.88 Å². The van der Waals surface area contributed by atoms with Gasteiger partial charge in [-0.25, -0.2) is 9.97 Å². The number of aromatic nitrogens is 2. The van der Waals surface area contributed by atoms with Gasteiger partial charge in [-0.15, -0.1) is 0 Å². The summed E-state index contributed by atoms with van der Waals surface area (Å²) < 4.78 is 11.0. The van der Waals surface area contributed by atoms with Crippen LogP contribution in [0.15, 0.2) is 6.33 Å². The van der Waals surface area contributed by atoms with E-state index in [1.165, 1.54) is 6.33 Å². The van der Waals surface area contributed by atoms with Crippen LogP contribution in [0.3, 0.4) is 0 Å². The fourth-order valence-corrected chi connectivity index (χ4v) is 2.04. The lowest BCUT2D eigenvalue weighted by atomic mass is 10.1. The Hall–Kier alpha value is -0.870. The average Bonchev–Trinajstić information content (AvgIpc) is 2.70. The molecule has 0 N–H and O–H groups in total. The third kappa shape index (κ3) is 2.44. The Labute approximate surface area is 99.9 Å². The lowest BCUT2D eigenvalue weighted by molar-refractivity contribution is 0.137. The minimum Gasteiger partial charge on any atom is -0.471 e. The predicted octanol–water partition coefficient (Wildman–Crippen LogP) is 2.42. The highest BCUT2D eigenvalue weighted by Gasteiger charge is 2.21. The summed E-state index contributed by atoms with van der Waals surface area (Å²) >= 11 is 6.05. The third-order valence-corrected chi connectivity index (χ3v) is 2.84. The van der Waals surface area contributed by atoms with Crippen LogP contribution in [0.4, 0.5) is 0 Å². The van der Waals surface area contributed by atoms with Crippen molar-refractivity contribution in [2.24, 2.45) is 0 Å². The van der Waals surface area contributed by atoms with Crippen molar-refractivity contribution in [1.29, 1.82) is 0 Å². The van der Waals surface area contributed by atoms with Crippen molar-refractivity contribution >= 4 is 11.6 Å². The summed E-state index contributed by atoms with van der Waals surface area (Å²) in [7, 11) is 0. The zero-order chi connectivity index (χ0) is 11.5. The number of hydrogen-bond acceptors (Lipinski definition) is 4. The zero-order valence-corrected chi connectivity index (χ0v) is 10.2. The summed E-state index contributed by atoms with van der Waals surface area (Å²) in [5.41, 5.74) is 0.871. The fourth-order valence-electron chi connectivity index (χ4n) is 1.70. The SMILES string of the molecule is CC(C)c1c(Cl)ncnc1OC1CCOC1. The van der Waals surface area contributed by atoms with Crippen molar-refractivity contribution in [2.75, 3.05) is 13.2 Å². The van der Waals surface area contributed by atoms with Crippen LogP contribution in [0.25, 0.3) is 0 Å². The van der Waals surface area contributed by atoms with E-state index >= 15 is 0 Å². The maximum Gasteiger partial charge on any atom is 0.221 e. The van der Waals surface area contributed by atoms with Crippen molar-refractivity contribution in [1.82, 2.24) is 9.97 Å². The van der Waals surface area contributed by atoms with Gasteiger partial charge < -0.3 is 9.47 Å². The number of ether oxygens (including phenoxy) is 2. The maximum atomic E-state index is 6.05. The molecular weight excluding hydrogens is 228 g/mol. The molecule has 5 heteroatoms. The summed E-state index contributed by atoms with van der Waals surface area (Å²) in [4.78, 5) is 8.13. The van der Waals surface area contributed by atoms with Gasteiger partial charge in [0.1, 0.15) is 17.6 Å². The Balaban J connectivity index is 2.21. The molecule has 88 valence electrons. The number of halogens is 1. The van der Waals surface area contributed by atoms with E-state index in [0.717, 1.165) is 18.6 Å². The minimum atomic E-state index is 0.0865. The second-order valence-electron chi connectivity index (χ2n) is 4.14. The molecule has 1 aliphatic rings. The van der Waals surface area contributed by atoms with Crippen molar-refractivity contribution in [3.8, 4) is 5.88 Å². The predicted molar refractivity (Wildman–Crippen MR) is 61.0 cm³/mol. The quantitative estimate of drug-likeness (QED) is 0.764. The summed E-state index contributed by atoms with van der Waals surface area (Å²) in [6.07, 6.45) is 2.42. The molecule has 0 amide bonds. The van der Waals surface area contributed by atoms with Crippen molar-refractivity contribution < 1.29 is 9.47 Å². The Bertz CT molecular complexity index is 365. The van der Waals surface area contributed by atoms with Crippen LogP contribution >= 0.6 is 11.6 Å². The molecular formula is C11H15ClN2O2. The normalized spacial score (nSPS) is 20.4. The Morgan fingerprint density at radius 1 is 1.50 bits per heavy atom. The Morgan fingerprint density at radius 3 is 2.94 bits per heavy atom. The highest BCUT2D eigenvalue weighted by atomic mass is 35.5. The van der Waals surface area contributed by atoms with Gasteiger partial charge in [-0.1, -0.05) is 25.4 Å². The van der Waals surface area contributed by atoms with Gasteiger partial charge in [-0.3, -0.25) is 0 Å². The molecule has 1 aromatic rings. The molecule has 1 saturated heterocycles. The Kier molecular flexibility index (Phi) is 3.61. The first-order chi connectivity index (χ1) is 7.68. The first-order valence-corrected chi connectivity index (χ1v) is 5.81. The Morgan fingerprint density at radius 2 is 2.31 bits per heavy atom. The molecule has 0 aliphatic carbocycles. The van der Waals surface area contributed by atoms with Crippen molar-refractivity contribution in [2.45, 2.75) is 32.3 Å². The highest BCUT2D eigenvalue weighted by molar-refractivity contribution is 6.30. The molecule has 0 aromatic carbocycles. The van der Waals surface area contributed by atoms with Gasteiger partial charge >= 0.3 is 0 Å². The number of nitrogens with zero attached hydrogens (tertiary/aromatic N) is 2. The van der Waals surface area contributed by atoms with Gasteiger partial charge in [0.15, 0.2) is 0 Å². The molecule has 1 aliphatic heterocycles. The zero-order valence-electron chi connectivity index (χ0n) is 9.44. The average molecular weight is 243 g/mol. The summed E-state index contributed by atoms with van der Waals surface area (Å²) in [6.45, 7) is 5.46. The van der Waals surface area contributed by atoms with Gasteiger partial charge in [0.05, 0.1) is 18.8 Å². The molecule has 1 atom stereocenters. The van der Waals surface area contributed by atoms with Crippen molar-refractivity contribution in [3.05, 3.63) is 17.0 Å². The fraction of sp³-hybridized carbons (Fsp3) is 0.636. The minimum absolute atomic E-state index is 0.0865. The smallest absolute Gasteiger partial charge is 0.221 e. The van der Waals surface area contributed by atoms with E-state index < -0.39 is 0 Å². The van der Waals surface area contributed by atoms with Gasteiger partial charge in [-0.05, 0) is 5.92 Å². The summed E-state index contributed by atoms with van der Waals surface area (Å²) in [6, 6.07) is 0. The first kappa shape index (κ1) is 11.6. The molecule has 1 aromatic heterocycles. The van der Waals surface area contributed by atoms with E-state index in [2.05, 4.69) is 9.97 Å². The van der Waals surface area contributed by atoms with E-state index in [4.69, 9.17) is 21.1 Å². The highest BCUT2D eigenvalue weighted by Crippen LogP contribution is 2.30. The van der Waals surface area contributed by atoms with Gasteiger partial charge in [0.25, 0.3) is 0 Å². The van der Waals surface area contributed by atoms with E-state index in [1.807, 2.05) is 13.8 Å². The molecule has 1 unspecified atom stereocenters. The first-order valence-electron chi connectivity index (χ1n) is 5.43. The summed E-state index contributed by atoms with van der Waals surface area (Å²) in [5, 5.41) is 0.471. The van der Waals surface area contributed by atoms with Crippen LogP contribution in [-0.2, 0) is 4.74 Å². The largest absolute Gasteiger partial charge is 0.471 e. The number of rotatable bonds is 3. The van der Waals surface area contributed by atoms with E-state index in [0.29, 0.717) is 17.6 Å². The lowest BCUT2D eigenvalue weighted by Crippen LogP contribution is -2.18. The second kappa shape index (κ2) is 4.97. The van der Waals surface area contributed by atoms with Gasteiger partial charge in [0.2, 0.25) is 5.88 Å². The molecule has 0 spiro atoms. The molecule has 2 heterocycles. The van der Waals surface area contributed by atoms with Crippen molar-refractivity contribution in [3.63, 3.8) is 0 Å². The molecule has 2 rings (SSSR count). The second-order valence-corrected chi connectivity index (χ2v) is 4.50. The molecule has 4 nitrogen and oxygen atoms in total. The van der Waals surface area contributed by atoms with Crippen LogP contribution in [0.2, 0.25) is 5.15 Å². The monoisotopic (exact) mass is 242 g/mol. The van der Waals surface area contributed by atoms with Crippen LogP contribution in [-0.4, -0.2) is 29.3 Å².